The normalized spacial score (nSPS) is 12.5. The summed E-state index contributed by atoms with van der Waals surface area (Å²) >= 11 is 0. The molecule has 9 heteroatoms. The highest BCUT2D eigenvalue weighted by Crippen LogP contribution is 2.41. The summed E-state index contributed by atoms with van der Waals surface area (Å²) in [5.41, 5.74) is -2.63. The summed E-state index contributed by atoms with van der Waals surface area (Å²) < 4.78 is 84.7. The molecule has 0 radical (unpaired) electrons. The highest BCUT2D eigenvalue weighted by atomic mass is 19.4. The van der Waals surface area contributed by atoms with Crippen LogP contribution in [0.25, 0.3) is 0 Å². The number of oxazole rings is 1. The molecule has 0 amide bonds. The first-order valence-electron chi connectivity index (χ1n) is 5.04. The van der Waals surface area contributed by atoms with E-state index in [2.05, 4.69) is 14.1 Å². The van der Waals surface area contributed by atoms with Crippen molar-refractivity contribution in [3.8, 4) is 11.8 Å². The minimum Gasteiger partial charge on any atom is -0.417 e. The molecule has 2 rings (SSSR count). The van der Waals surface area contributed by atoms with Crippen molar-refractivity contribution in [2.24, 2.45) is 0 Å². The Labute approximate surface area is 107 Å². The number of hydrogen-bond acceptors (Lipinski definition) is 3. The van der Waals surface area contributed by atoms with Crippen molar-refractivity contribution in [3.05, 3.63) is 41.8 Å². The van der Waals surface area contributed by atoms with Crippen LogP contribution in [0.2, 0.25) is 0 Å². The van der Waals surface area contributed by atoms with Crippen LogP contribution in [0.5, 0.6) is 11.8 Å². The SMILES string of the molecule is FC(F)(F)c1ccc(C(F)(F)F)c(Oc2ncco2)c1. The number of ether oxygens (including phenoxy) is 1. The van der Waals surface area contributed by atoms with E-state index in [-0.39, 0.29) is 6.07 Å². The monoisotopic (exact) mass is 297 g/mol. The van der Waals surface area contributed by atoms with E-state index < -0.39 is 35.3 Å². The predicted molar refractivity (Wildman–Crippen MR) is 53.0 cm³/mol. The highest BCUT2D eigenvalue weighted by molar-refractivity contribution is 5.41. The summed E-state index contributed by atoms with van der Waals surface area (Å²) in [7, 11) is 0. The Bertz CT molecular complexity index is 588. The molecule has 0 bridgehead atoms. The average Bonchev–Trinajstić information content (AvgIpc) is 2.79. The van der Waals surface area contributed by atoms with Crippen LogP contribution in [0.4, 0.5) is 26.3 Å². The predicted octanol–water partition coefficient (Wildman–Crippen LogP) is 4.50. The Morgan fingerprint density at radius 2 is 1.70 bits per heavy atom. The lowest BCUT2D eigenvalue weighted by molar-refractivity contribution is -0.142. The topological polar surface area (TPSA) is 35.3 Å². The van der Waals surface area contributed by atoms with Gasteiger partial charge in [-0.2, -0.15) is 31.3 Å². The number of alkyl halides is 6. The van der Waals surface area contributed by atoms with E-state index in [4.69, 9.17) is 0 Å². The lowest BCUT2D eigenvalue weighted by Gasteiger charge is -2.14. The number of benzene rings is 1. The molecule has 0 saturated carbocycles. The van der Waals surface area contributed by atoms with Crippen LogP contribution in [0, 0.1) is 0 Å². The molecule has 3 nitrogen and oxygen atoms in total. The largest absolute Gasteiger partial charge is 0.419 e. The molecular weight excluding hydrogens is 292 g/mol. The van der Waals surface area contributed by atoms with E-state index in [1.807, 2.05) is 0 Å². The molecule has 1 aromatic heterocycles. The molecule has 0 spiro atoms. The van der Waals surface area contributed by atoms with Gasteiger partial charge in [-0.15, -0.1) is 0 Å². The molecule has 1 heterocycles. The van der Waals surface area contributed by atoms with Gasteiger partial charge in [-0.1, -0.05) is 0 Å². The molecule has 20 heavy (non-hydrogen) atoms. The van der Waals surface area contributed by atoms with Gasteiger partial charge in [0.05, 0.1) is 17.3 Å². The van der Waals surface area contributed by atoms with Gasteiger partial charge in [0, 0.05) is 0 Å². The molecule has 0 aliphatic heterocycles. The molecule has 0 saturated heterocycles. The van der Waals surface area contributed by atoms with E-state index >= 15 is 0 Å². The van der Waals surface area contributed by atoms with Crippen LogP contribution in [0.1, 0.15) is 11.1 Å². The molecule has 2 aromatic rings. The van der Waals surface area contributed by atoms with Crippen LogP contribution in [-0.4, -0.2) is 4.98 Å². The number of nitrogens with zero attached hydrogens (tertiary/aromatic N) is 1. The fraction of sp³-hybridized carbons (Fsp3) is 0.182. The lowest BCUT2D eigenvalue weighted by atomic mass is 10.1. The highest BCUT2D eigenvalue weighted by Gasteiger charge is 2.38. The van der Waals surface area contributed by atoms with E-state index in [1.54, 1.807) is 0 Å². The van der Waals surface area contributed by atoms with Gasteiger partial charge in [0.25, 0.3) is 0 Å². The Hall–Kier alpha value is -2.19. The second kappa shape index (κ2) is 4.73. The summed E-state index contributed by atoms with van der Waals surface area (Å²) in [6.45, 7) is 0. The zero-order valence-corrected chi connectivity index (χ0v) is 9.42. The third-order valence-electron chi connectivity index (χ3n) is 2.22. The minimum atomic E-state index is -4.87. The second-order valence-electron chi connectivity index (χ2n) is 3.61. The van der Waals surface area contributed by atoms with Crippen molar-refractivity contribution in [3.63, 3.8) is 0 Å². The smallest absolute Gasteiger partial charge is 0.417 e. The lowest BCUT2D eigenvalue weighted by Crippen LogP contribution is -2.10. The summed E-state index contributed by atoms with van der Waals surface area (Å²) in [6, 6.07) is 0.860. The second-order valence-corrected chi connectivity index (χ2v) is 3.61. The zero-order chi connectivity index (χ0) is 15.0. The number of halogens is 6. The third kappa shape index (κ3) is 3.03. The Morgan fingerprint density at radius 3 is 2.20 bits per heavy atom. The summed E-state index contributed by atoms with van der Waals surface area (Å²) in [4.78, 5) is 3.39. The van der Waals surface area contributed by atoms with Gasteiger partial charge in [-0.3, -0.25) is 0 Å². The quantitative estimate of drug-likeness (QED) is 0.765. The number of hydrogen-bond donors (Lipinski definition) is 0. The number of aromatic nitrogens is 1. The third-order valence-corrected chi connectivity index (χ3v) is 2.22. The summed E-state index contributed by atoms with van der Waals surface area (Å²) in [5, 5.41) is 0. The Morgan fingerprint density at radius 1 is 1.00 bits per heavy atom. The maximum absolute atomic E-state index is 12.7. The van der Waals surface area contributed by atoms with Crippen LogP contribution in [-0.2, 0) is 12.4 Å². The first-order valence-corrected chi connectivity index (χ1v) is 5.04. The van der Waals surface area contributed by atoms with Crippen molar-refractivity contribution < 1.29 is 35.5 Å². The minimum absolute atomic E-state index is 0.243. The molecule has 0 aliphatic carbocycles. The summed E-state index contributed by atoms with van der Waals surface area (Å²) in [5.74, 6) is -1.03. The van der Waals surface area contributed by atoms with Crippen molar-refractivity contribution in [1.29, 1.82) is 0 Å². The molecule has 0 unspecified atom stereocenters. The molecule has 1 aromatic carbocycles. The first-order chi connectivity index (χ1) is 9.18. The van der Waals surface area contributed by atoms with Crippen molar-refractivity contribution in [2.75, 3.05) is 0 Å². The van der Waals surface area contributed by atoms with Gasteiger partial charge in [-0.25, -0.2) is 0 Å². The van der Waals surface area contributed by atoms with Gasteiger partial charge < -0.3 is 9.15 Å². The molecular formula is C11H5F6NO2. The first kappa shape index (κ1) is 14.2. The molecule has 0 fully saturated rings. The van der Waals surface area contributed by atoms with Crippen molar-refractivity contribution >= 4 is 0 Å². The zero-order valence-electron chi connectivity index (χ0n) is 9.42. The van der Waals surface area contributed by atoms with E-state index in [0.29, 0.717) is 12.1 Å². The number of rotatable bonds is 2. The van der Waals surface area contributed by atoms with Gasteiger partial charge in [0.1, 0.15) is 12.0 Å². The van der Waals surface area contributed by atoms with Gasteiger partial charge >= 0.3 is 18.4 Å². The molecule has 0 atom stereocenters. The van der Waals surface area contributed by atoms with Gasteiger partial charge in [0.15, 0.2) is 0 Å². The molecule has 108 valence electrons. The Kier molecular flexibility index (Phi) is 3.36. The van der Waals surface area contributed by atoms with Crippen LogP contribution in [0.15, 0.2) is 35.1 Å². The van der Waals surface area contributed by atoms with E-state index in [1.165, 1.54) is 0 Å². The van der Waals surface area contributed by atoms with Crippen molar-refractivity contribution in [2.45, 2.75) is 12.4 Å². The molecule has 0 N–H and O–H groups in total. The fourth-order valence-electron chi connectivity index (χ4n) is 1.37. The van der Waals surface area contributed by atoms with Crippen LogP contribution < -0.4 is 4.74 Å². The summed E-state index contributed by atoms with van der Waals surface area (Å²) in [6.07, 6.45) is -8.16. The Balaban J connectivity index is 2.48. The van der Waals surface area contributed by atoms with Crippen LogP contribution in [0.3, 0.4) is 0 Å². The van der Waals surface area contributed by atoms with E-state index in [0.717, 1.165) is 12.5 Å². The van der Waals surface area contributed by atoms with Gasteiger partial charge in [-0.05, 0) is 18.2 Å². The molecule has 0 aliphatic rings. The van der Waals surface area contributed by atoms with Crippen molar-refractivity contribution in [1.82, 2.24) is 4.98 Å². The maximum Gasteiger partial charge on any atom is 0.419 e. The maximum atomic E-state index is 12.7. The van der Waals surface area contributed by atoms with Gasteiger partial charge in [0.2, 0.25) is 0 Å². The fourth-order valence-corrected chi connectivity index (χ4v) is 1.37. The van der Waals surface area contributed by atoms with Crippen LogP contribution >= 0.6 is 0 Å². The average molecular weight is 297 g/mol. The van der Waals surface area contributed by atoms with E-state index in [9.17, 15) is 26.3 Å². The standard InChI is InChI=1S/C11H5F6NO2/c12-10(13,14)6-1-2-7(11(15,16)17)8(5-6)20-9-18-3-4-19-9/h1-5H.